The van der Waals surface area contributed by atoms with Gasteiger partial charge in [0.05, 0.1) is 10.0 Å². The molecular weight excluding hydrogens is 377 g/mol. The molecule has 0 spiro atoms. The van der Waals surface area contributed by atoms with Gasteiger partial charge in [-0.3, -0.25) is 0 Å². The molecule has 0 N–H and O–H groups in total. The predicted octanol–water partition coefficient (Wildman–Crippen LogP) is 4.80. The number of hydrogen-bond donors (Lipinski definition) is 0. The average Bonchev–Trinajstić information content (AvgIpc) is 2.42. The number of nitriles is 1. The summed E-state index contributed by atoms with van der Waals surface area (Å²) in [6, 6.07) is 12.4. The molecule has 0 aliphatic carbocycles. The third kappa shape index (κ3) is 3.34. The summed E-state index contributed by atoms with van der Waals surface area (Å²) < 4.78 is 20.4. The Balaban J connectivity index is 2.14. The molecular formula is C14H8Br2FNO. The number of halogens is 3. The number of ether oxygens (including phenoxy) is 1. The van der Waals surface area contributed by atoms with Gasteiger partial charge in [0.2, 0.25) is 0 Å². The van der Waals surface area contributed by atoms with E-state index in [1.807, 2.05) is 30.3 Å². The highest BCUT2D eigenvalue weighted by Gasteiger charge is 2.12. The fourth-order valence-electron chi connectivity index (χ4n) is 1.47. The van der Waals surface area contributed by atoms with E-state index in [1.54, 1.807) is 0 Å². The SMILES string of the molecule is N#Cc1ccc(OCc2ccc(Br)cc2)c(F)c1Br. The van der Waals surface area contributed by atoms with E-state index >= 15 is 0 Å². The van der Waals surface area contributed by atoms with Crippen molar-refractivity contribution in [2.24, 2.45) is 0 Å². The van der Waals surface area contributed by atoms with Gasteiger partial charge in [-0.15, -0.1) is 0 Å². The standard InChI is InChI=1S/C14H8Br2FNO/c15-11-4-1-9(2-5-11)8-19-12-6-3-10(7-18)13(16)14(12)17/h1-6H,8H2. The van der Waals surface area contributed by atoms with Crippen molar-refractivity contribution in [3.63, 3.8) is 0 Å². The fraction of sp³-hybridized carbons (Fsp3) is 0.0714. The van der Waals surface area contributed by atoms with E-state index < -0.39 is 5.82 Å². The third-order valence-corrected chi connectivity index (χ3v) is 3.78. The summed E-state index contributed by atoms with van der Waals surface area (Å²) in [5, 5.41) is 8.78. The zero-order valence-corrected chi connectivity index (χ0v) is 12.8. The minimum Gasteiger partial charge on any atom is -0.486 e. The van der Waals surface area contributed by atoms with Crippen molar-refractivity contribution in [2.75, 3.05) is 0 Å². The Labute approximate surface area is 127 Å². The third-order valence-electron chi connectivity index (χ3n) is 2.47. The Morgan fingerprint density at radius 3 is 2.42 bits per heavy atom. The van der Waals surface area contributed by atoms with Gasteiger partial charge in [-0.05, 0) is 45.8 Å². The topological polar surface area (TPSA) is 33.0 Å². The van der Waals surface area contributed by atoms with Crippen LogP contribution in [0.25, 0.3) is 0 Å². The minimum atomic E-state index is -0.559. The van der Waals surface area contributed by atoms with E-state index in [-0.39, 0.29) is 22.4 Å². The molecule has 0 saturated carbocycles. The van der Waals surface area contributed by atoms with Crippen LogP contribution in [0.4, 0.5) is 4.39 Å². The number of nitrogens with zero attached hydrogens (tertiary/aromatic N) is 1. The maximum absolute atomic E-state index is 13.9. The molecule has 0 aromatic heterocycles. The van der Waals surface area contributed by atoms with E-state index in [2.05, 4.69) is 31.9 Å². The number of benzene rings is 2. The highest BCUT2D eigenvalue weighted by molar-refractivity contribution is 9.10. The second kappa shape index (κ2) is 6.18. The van der Waals surface area contributed by atoms with Crippen molar-refractivity contribution in [1.82, 2.24) is 0 Å². The Hall–Kier alpha value is -1.38. The molecule has 0 aliphatic rings. The summed E-state index contributed by atoms with van der Waals surface area (Å²) in [6.07, 6.45) is 0. The van der Waals surface area contributed by atoms with Crippen LogP contribution in [0.1, 0.15) is 11.1 Å². The molecule has 2 rings (SSSR count). The van der Waals surface area contributed by atoms with Crippen LogP contribution in [0.2, 0.25) is 0 Å². The van der Waals surface area contributed by atoms with Crippen LogP contribution in [0.5, 0.6) is 5.75 Å². The van der Waals surface area contributed by atoms with Gasteiger partial charge < -0.3 is 4.74 Å². The van der Waals surface area contributed by atoms with E-state index in [0.29, 0.717) is 0 Å². The largest absolute Gasteiger partial charge is 0.486 e. The number of hydrogen-bond acceptors (Lipinski definition) is 2. The van der Waals surface area contributed by atoms with Gasteiger partial charge in [0, 0.05) is 4.47 Å². The second-order valence-corrected chi connectivity index (χ2v) is 5.47. The van der Waals surface area contributed by atoms with Gasteiger partial charge in [0.15, 0.2) is 11.6 Å². The maximum Gasteiger partial charge on any atom is 0.180 e. The van der Waals surface area contributed by atoms with Crippen molar-refractivity contribution in [2.45, 2.75) is 6.61 Å². The molecule has 0 saturated heterocycles. The van der Waals surface area contributed by atoms with Gasteiger partial charge in [-0.2, -0.15) is 5.26 Å². The van der Waals surface area contributed by atoms with Crippen LogP contribution in [0.3, 0.4) is 0 Å². The van der Waals surface area contributed by atoms with Crippen molar-refractivity contribution in [3.05, 3.63) is 62.3 Å². The van der Waals surface area contributed by atoms with Gasteiger partial charge in [-0.25, -0.2) is 4.39 Å². The minimum absolute atomic E-state index is 0.119. The van der Waals surface area contributed by atoms with Gasteiger partial charge in [0.1, 0.15) is 12.7 Å². The Bertz CT molecular complexity index is 635. The first-order valence-corrected chi connectivity index (χ1v) is 6.95. The summed E-state index contributed by atoms with van der Waals surface area (Å²) in [5.74, 6) is -0.440. The average molecular weight is 385 g/mol. The fourth-order valence-corrected chi connectivity index (χ4v) is 2.15. The van der Waals surface area contributed by atoms with E-state index in [1.165, 1.54) is 12.1 Å². The van der Waals surface area contributed by atoms with Crippen molar-refractivity contribution in [1.29, 1.82) is 5.26 Å². The van der Waals surface area contributed by atoms with E-state index in [0.717, 1.165) is 10.0 Å². The Morgan fingerprint density at radius 2 is 1.79 bits per heavy atom. The first kappa shape index (κ1) is 14.0. The summed E-state index contributed by atoms with van der Waals surface area (Å²) in [7, 11) is 0. The molecule has 0 fully saturated rings. The zero-order valence-electron chi connectivity index (χ0n) is 9.66. The summed E-state index contributed by atoms with van der Waals surface area (Å²) in [5.41, 5.74) is 1.18. The molecule has 2 aromatic carbocycles. The van der Waals surface area contributed by atoms with Crippen LogP contribution in [0.15, 0.2) is 45.3 Å². The molecule has 2 aromatic rings. The van der Waals surface area contributed by atoms with E-state index in [4.69, 9.17) is 10.00 Å². The van der Waals surface area contributed by atoms with Gasteiger partial charge in [-0.1, -0.05) is 28.1 Å². The Morgan fingerprint density at radius 1 is 1.11 bits per heavy atom. The first-order valence-electron chi connectivity index (χ1n) is 5.37. The highest BCUT2D eigenvalue weighted by atomic mass is 79.9. The Kier molecular flexibility index (Phi) is 4.56. The monoisotopic (exact) mass is 383 g/mol. The van der Waals surface area contributed by atoms with Crippen LogP contribution in [-0.4, -0.2) is 0 Å². The molecule has 2 nitrogen and oxygen atoms in total. The molecule has 0 heterocycles. The second-order valence-electron chi connectivity index (χ2n) is 3.77. The lowest BCUT2D eigenvalue weighted by atomic mass is 10.2. The van der Waals surface area contributed by atoms with Gasteiger partial charge in [0.25, 0.3) is 0 Å². The van der Waals surface area contributed by atoms with Crippen LogP contribution < -0.4 is 4.74 Å². The summed E-state index contributed by atoms with van der Waals surface area (Å²) in [6.45, 7) is 0.266. The number of rotatable bonds is 3. The molecule has 5 heteroatoms. The van der Waals surface area contributed by atoms with Gasteiger partial charge >= 0.3 is 0 Å². The highest BCUT2D eigenvalue weighted by Crippen LogP contribution is 2.28. The quantitative estimate of drug-likeness (QED) is 0.761. The molecule has 0 unspecified atom stereocenters. The predicted molar refractivity (Wildman–Crippen MR) is 77.3 cm³/mol. The summed E-state index contributed by atoms with van der Waals surface area (Å²) in [4.78, 5) is 0. The van der Waals surface area contributed by atoms with Crippen LogP contribution in [0, 0.1) is 17.1 Å². The molecule has 96 valence electrons. The van der Waals surface area contributed by atoms with Crippen molar-refractivity contribution >= 4 is 31.9 Å². The molecule has 0 radical (unpaired) electrons. The van der Waals surface area contributed by atoms with Crippen LogP contribution >= 0.6 is 31.9 Å². The zero-order chi connectivity index (χ0) is 13.8. The normalized spacial score (nSPS) is 10.0. The summed E-state index contributed by atoms with van der Waals surface area (Å²) >= 11 is 6.38. The lowest BCUT2D eigenvalue weighted by Crippen LogP contribution is -1.98. The lowest BCUT2D eigenvalue weighted by molar-refractivity contribution is 0.289. The smallest absolute Gasteiger partial charge is 0.180 e. The molecule has 0 amide bonds. The van der Waals surface area contributed by atoms with Crippen molar-refractivity contribution in [3.8, 4) is 11.8 Å². The van der Waals surface area contributed by atoms with Crippen LogP contribution in [-0.2, 0) is 6.61 Å². The molecule has 0 atom stereocenters. The maximum atomic E-state index is 13.9. The first-order chi connectivity index (χ1) is 9.11. The van der Waals surface area contributed by atoms with E-state index in [9.17, 15) is 4.39 Å². The molecule has 0 bridgehead atoms. The molecule has 0 aliphatic heterocycles. The van der Waals surface area contributed by atoms with Crippen molar-refractivity contribution < 1.29 is 9.13 Å². The molecule has 19 heavy (non-hydrogen) atoms. The lowest BCUT2D eigenvalue weighted by Gasteiger charge is -2.09.